The maximum Gasteiger partial charge on any atom is 0.411 e. The fourth-order valence-corrected chi connectivity index (χ4v) is 16.7. The van der Waals surface area contributed by atoms with E-state index in [4.69, 9.17) is 29.4 Å². The molecule has 2 aromatic carbocycles. The molecule has 2 bridgehead atoms. The molecule has 1 aliphatic carbocycles. The van der Waals surface area contributed by atoms with E-state index < -0.39 is 196 Å². The molecule has 0 unspecified atom stereocenters. The number of nitrogens with one attached hydrogen (secondary N) is 7. The van der Waals surface area contributed by atoms with Crippen LogP contribution in [0.4, 0.5) is 20.1 Å². The predicted molar refractivity (Wildman–Crippen MR) is 433 cm³/mol. The summed E-state index contributed by atoms with van der Waals surface area (Å²) in [6.07, 6.45) is 2.45. The monoisotopic (exact) mass is 1700 g/mol. The number of carbonyl (C=O) groups is 14. The summed E-state index contributed by atoms with van der Waals surface area (Å²) in [6.45, 7) is 10.8. The van der Waals surface area contributed by atoms with Gasteiger partial charge in [0.2, 0.25) is 47.3 Å². The molecule has 14 amide bonds. The highest BCUT2D eigenvalue weighted by atomic mass is 32.1. The first-order valence-corrected chi connectivity index (χ1v) is 42.9. The van der Waals surface area contributed by atoms with Crippen LogP contribution < -0.4 is 43.0 Å². The van der Waals surface area contributed by atoms with Gasteiger partial charge in [0.25, 0.3) is 11.8 Å². The Morgan fingerprint density at radius 3 is 2.10 bits per heavy atom. The van der Waals surface area contributed by atoms with Crippen molar-refractivity contribution in [3.63, 3.8) is 0 Å². The zero-order chi connectivity index (χ0) is 87.5. The lowest BCUT2D eigenvalue weighted by atomic mass is 9.89. The van der Waals surface area contributed by atoms with E-state index in [1.165, 1.54) is 60.6 Å². The van der Waals surface area contributed by atoms with Crippen LogP contribution in [0.3, 0.4) is 0 Å². The number of carboxylic acid groups (broad SMARTS) is 1. The Bertz CT molecular complexity index is 4080. The van der Waals surface area contributed by atoms with Crippen molar-refractivity contribution in [2.24, 2.45) is 35.3 Å². The minimum atomic E-state index is -4.48. The molecule has 3 aromatic rings. The standard InChI is InChI=1S/C80H117N14O23PS/c1-12-48(6)68(60(113-10)42-65(99)92-33-17-22-59(92)70(114-11)49(7)71(100)87-57(75-82-32-38-119-75)39-50-19-14-13-15-20-50)91(9)76(104)67(47(4)5)89-74(103)69-51-25-27-55(41-51)94(69)80(109)116-44-52-24-26-54(40-53(52)43-90(8)79(108)117-45-58(77(105)106)85-61(95)23-18-37-118(110,111)112)84-72(101)56(21-16-31-83-78(81)107)86-73(102)66(46(2)3)88-62(96)30-35-115-36-34-93-63(97)28-29-64(93)98/h13-15,19-20,24,26,28-29,32,38,40,46-49,51,55-60,66-70H,12,16-18,21-23,25,27,30-31,33-37,39,41-45H2,1-11H3,(H,84,101)(H,85,95)(H,86,102)(H,87,100)(H,88,96)(H,89,103)(H,105,106)(H3,81,83,107)(H2,110,111,112)/t48-,49+,51-,55+,56-,57-,58-,59-,60+,66-,67-,68-,69-,70+/m0/s1. The first-order valence-electron chi connectivity index (χ1n) is 40.2. The number of benzene rings is 2. The van der Waals surface area contributed by atoms with Crippen LogP contribution in [0, 0.1) is 29.6 Å². The Labute approximate surface area is 696 Å². The van der Waals surface area contributed by atoms with Gasteiger partial charge >= 0.3 is 31.8 Å². The number of methoxy groups -OCH3 is 2. The highest BCUT2D eigenvalue weighted by Gasteiger charge is 2.53. The summed E-state index contributed by atoms with van der Waals surface area (Å²) >= 11 is 1.44. The number of hydrogen-bond acceptors (Lipinski definition) is 22. The van der Waals surface area contributed by atoms with Gasteiger partial charge in [0.1, 0.15) is 42.4 Å². The van der Waals surface area contributed by atoms with Gasteiger partial charge in [-0.2, -0.15) is 0 Å². The summed E-state index contributed by atoms with van der Waals surface area (Å²) in [6, 6.07) is 4.58. The summed E-state index contributed by atoms with van der Waals surface area (Å²) in [5, 5.41) is 31.5. The van der Waals surface area contributed by atoms with Gasteiger partial charge in [-0.15, -0.1) is 11.3 Å². The van der Waals surface area contributed by atoms with Crippen LogP contribution in [0.1, 0.15) is 153 Å². The Morgan fingerprint density at radius 2 is 1.47 bits per heavy atom. The second-order valence-corrected chi connectivity index (χ2v) is 33.9. The number of piperidine rings is 1. The number of carbonyl (C=O) groups excluding carboxylic acids is 13. The summed E-state index contributed by atoms with van der Waals surface area (Å²) in [5.41, 5.74) is 6.81. The van der Waals surface area contributed by atoms with Gasteiger partial charge in [-0.1, -0.05) is 91.3 Å². The van der Waals surface area contributed by atoms with Crippen LogP contribution in [0.5, 0.6) is 0 Å². The zero-order valence-corrected chi connectivity index (χ0v) is 71.1. The van der Waals surface area contributed by atoms with Gasteiger partial charge in [0.15, 0.2) is 6.04 Å². The van der Waals surface area contributed by atoms with Crippen LogP contribution in [-0.2, 0) is 101 Å². The molecule has 7 rings (SSSR count). The minimum absolute atomic E-state index is 0.0217. The van der Waals surface area contributed by atoms with Crippen LogP contribution in [0.25, 0.3) is 0 Å². The van der Waals surface area contributed by atoms with E-state index in [-0.39, 0.29) is 98.9 Å². The van der Waals surface area contributed by atoms with Crippen molar-refractivity contribution < 1.29 is 110 Å². The molecular weight excluding hydrogens is 1590 g/mol. The third-order valence-corrected chi connectivity index (χ3v) is 23.8. The van der Waals surface area contributed by atoms with E-state index in [1.807, 2.05) is 49.6 Å². The molecule has 0 radical (unpaired) electrons. The van der Waals surface area contributed by atoms with E-state index in [1.54, 1.807) is 52.8 Å². The van der Waals surface area contributed by atoms with E-state index in [0.29, 0.717) is 51.5 Å². The van der Waals surface area contributed by atoms with Gasteiger partial charge in [-0.05, 0) is 110 Å². The van der Waals surface area contributed by atoms with Gasteiger partial charge in [0.05, 0.1) is 68.6 Å². The Kier molecular flexibility index (Phi) is 37.2. The Hall–Kier alpha value is -9.98. The molecule has 119 heavy (non-hydrogen) atoms. The van der Waals surface area contributed by atoms with Gasteiger partial charge in [0, 0.05) is 96.2 Å². The quantitative estimate of drug-likeness (QED) is 0.0214. The molecule has 1 saturated carbocycles. The summed E-state index contributed by atoms with van der Waals surface area (Å²) in [4.78, 5) is 220. The second-order valence-electron chi connectivity index (χ2n) is 31.2. The number of nitrogens with two attached hydrogens (primary N) is 1. The van der Waals surface area contributed by atoms with Crippen LogP contribution >= 0.6 is 18.9 Å². The average Bonchev–Trinajstić information content (AvgIpc) is 1.61. The number of hydrogen-bond donors (Lipinski definition) is 11. The largest absolute Gasteiger partial charge is 0.480 e. The Morgan fingerprint density at radius 1 is 0.773 bits per heavy atom. The summed E-state index contributed by atoms with van der Waals surface area (Å²) in [5.74, 6) is -9.60. The molecular formula is C80H117N14O23PS. The molecule has 3 aliphatic heterocycles. The fraction of sp³-hybridized carbons (Fsp3) is 0.613. The molecule has 656 valence electrons. The molecule has 4 aliphatic rings. The number of aliphatic carboxylic acids is 1. The molecule has 39 heteroatoms. The maximum absolute atomic E-state index is 15.2. The van der Waals surface area contributed by atoms with E-state index in [9.17, 15) is 77.0 Å². The molecule has 0 spiro atoms. The third-order valence-electron chi connectivity index (χ3n) is 22.0. The molecule has 4 heterocycles. The smallest absolute Gasteiger partial charge is 0.411 e. The van der Waals surface area contributed by atoms with Crippen molar-refractivity contribution in [3.05, 3.63) is 94.0 Å². The summed E-state index contributed by atoms with van der Waals surface area (Å²) < 4.78 is 40.5. The second kappa shape index (κ2) is 46.0. The van der Waals surface area contributed by atoms with Crippen LogP contribution in [0.15, 0.2) is 72.3 Å². The van der Waals surface area contributed by atoms with E-state index in [0.717, 1.165) is 32.5 Å². The minimum Gasteiger partial charge on any atom is -0.480 e. The number of likely N-dealkylation sites (N-methyl/N-ethyl adjacent to an activating group) is 1. The van der Waals surface area contributed by atoms with Crippen LogP contribution in [-0.4, -0.2) is 262 Å². The molecule has 1 aromatic heterocycles. The topological polar surface area (TPSA) is 502 Å². The normalized spacial score (nSPS) is 18.8. The summed E-state index contributed by atoms with van der Waals surface area (Å²) in [7, 11) is 1.42. The van der Waals surface area contributed by atoms with E-state index >= 15 is 9.59 Å². The third kappa shape index (κ3) is 28.1. The number of nitrogens with zero attached hydrogens (tertiary/aromatic N) is 6. The number of amides is 14. The highest BCUT2D eigenvalue weighted by Crippen LogP contribution is 2.44. The fourth-order valence-electron chi connectivity index (χ4n) is 15.4. The lowest BCUT2D eigenvalue weighted by molar-refractivity contribution is -0.148. The Balaban J connectivity index is 1.06. The van der Waals surface area contributed by atoms with Crippen molar-refractivity contribution >= 4 is 108 Å². The van der Waals surface area contributed by atoms with Gasteiger partial charge < -0.3 is 96.2 Å². The number of likely N-dealkylation sites (tertiary alicyclic amines) is 2. The van der Waals surface area contributed by atoms with Crippen molar-refractivity contribution in [2.75, 3.05) is 79.2 Å². The zero-order valence-electron chi connectivity index (χ0n) is 69.3. The number of imide groups is 1. The van der Waals surface area contributed by atoms with Crippen molar-refractivity contribution in [3.8, 4) is 0 Å². The SMILES string of the molecule is CC[C@H](C)[C@@H]([C@@H](CC(=O)N1CCC[C@H]1[C@H](OC)[C@@H](C)C(=O)N[C@@H](Cc1ccccc1)c1nccs1)OC)N(C)C(=O)[C@@H](NC(=O)[C@@H]1[C@H]2CC[C@H](C2)N1C(=O)OCc1ccc(NC(=O)[C@H](CCCNC(N)=O)NC(=O)[C@@H](NC(=O)CCOCCN2C(=O)C=CC2=O)C(C)C)cc1CN(C)C(=O)OC[C@H](NC(=O)CCCP(=O)(O)O)C(=O)O)C(C)C. The number of fused-ring (bicyclic) bond motifs is 2. The van der Waals surface area contributed by atoms with E-state index in [2.05, 4.69) is 42.2 Å². The first-order chi connectivity index (χ1) is 56.4. The lowest BCUT2D eigenvalue weighted by Gasteiger charge is -2.41. The molecule has 37 nitrogen and oxygen atoms in total. The average molecular weight is 1710 g/mol. The number of rotatable bonds is 47. The van der Waals surface area contributed by atoms with Gasteiger partial charge in [-0.25, -0.2) is 24.2 Å². The number of carboxylic acids is 1. The number of anilines is 1. The lowest BCUT2D eigenvalue weighted by Crippen LogP contribution is -2.60. The molecule has 2 saturated heterocycles. The van der Waals surface area contributed by atoms with Crippen molar-refractivity contribution in [1.82, 2.24) is 61.4 Å². The highest BCUT2D eigenvalue weighted by molar-refractivity contribution is 7.51. The van der Waals surface area contributed by atoms with Crippen molar-refractivity contribution in [2.45, 2.75) is 212 Å². The molecule has 12 N–H and O–H groups in total. The molecule has 3 fully saturated rings. The van der Waals surface area contributed by atoms with Crippen molar-refractivity contribution in [1.29, 1.82) is 0 Å². The number of aromatic nitrogens is 1. The van der Waals surface area contributed by atoms with Gasteiger partial charge in [-0.3, -0.25) is 62.3 Å². The number of ether oxygens (including phenoxy) is 5. The number of primary amides is 1. The van der Waals surface area contributed by atoms with Crippen LogP contribution in [0.2, 0.25) is 0 Å². The molecule has 14 atom stereocenters. The first kappa shape index (κ1) is 96.2. The predicted octanol–water partition coefficient (Wildman–Crippen LogP) is 4.23. The number of urea groups is 1. The maximum atomic E-state index is 15.2. The number of thiazole rings is 1.